The molecule has 0 spiro atoms. The summed E-state index contributed by atoms with van der Waals surface area (Å²) < 4.78 is 0. The smallest absolute Gasteiger partial charge is 0.315 e. The largest absolute Gasteiger partial charge is 0.336 e. The van der Waals surface area contributed by atoms with Crippen LogP contribution in [-0.4, -0.2) is 30.6 Å². The fraction of sp³-hybridized carbons (Fsp3) is 0.467. The Kier molecular flexibility index (Phi) is 4.27. The average Bonchev–Trinajstić information content (AvgIpc) is 2.80. The van der Waals surface area contributed by atoms with Crippen molar-refractivity contribution >= 4 is 17.6 Å². The molecule has 0 radical (unpaired) electrons. The maximum atomic E-state index is 12.4. The van der Waals surface area contributed by atoms with E-state index in [0.717, 1.165) is 12.1 Å². The van der Waals surface area contributed by atoms with Gasteiger partial charge in [-0.15, -0.1) is 0 Å². The van der Waals surface area contributed by atoms with E-state index in [2.05, 4.69) is 10.6 Å². The van der Waals surface area contributed by atoms with Gasteiger partial charge < -0.3 is 15.5 Å². The molecule has 0 saturated carbocycles. The van der Waals surface area contributed by atoms with Crippen molar-refractivity contribution in [2.45, 2.75) is 39.3 Å². The third-order valence-corrected chi connectivity index (χ3v) is 3.29. The number of rotatable bonds is 3. The summed E-state index contributed by atoms with van der Waals surface area (Å²) in [6, 6.07) is 7.07. The fourth-order valence-corrected chi connectivity index (χ4v) is 2.36. The van der Waals surface area contributed by atoms with E-state index in [-0.39, 0.29) is 18.0 Å². The summed E-state index contributed by atoms with van der Waals surface area (Å²) in [5.41, 5.74) is 2.13. The van der Waals surface area contributed by atoms with Crippen molar-refractivity contribution in [2.24, 2.45) is 0 Å². The first-order valence-electron chi connectivity index (χ1n) is 6.95. The molecule has 0 bridgehead atoms. The Hall–Kier alpha value is -2.04. The Morgan fingerprint density at radius 3 is 2.55 bits per heavy atom. The van der Waals surface area contributed by atoms with Crippen LogP contribution >= 0.6 is 0 Å². The zero-order chi connectivity index (χ0) is 14.7. The molecule has 0 saturated heterocycles. The lowest BCUT2D eigenvalue weighted by Gasteiger charge is -2.22. The van der Waals surface area contributed by atoms with Gasteiger partial charge in [-0.25, -0.2) is 4.79 Å². The SMILES string of the molecule is CC(C)NC(=O)N[C@@H](C)C(=O)N1CCc2ccccc21. The van der Waals surface area contributed by atoms with Gasteiger partial charge in [0.05, 0.1) is 0 Å². The highest BCUT2D eigenvalue weighted by molar-refractivity contribution is 6.00. The number of nitrogens with zero attached hydrogens (tertiary/aromatic N) is 1. The summed E-state index contributed by atoms with van der Waals surface area (Å²) in [6.07, 6.45) is 0.868. The van der Waals surface area contributed by atoms with E-state index in [4.69, 9.17) is 0 Å². The molecule has 1 heterocycles. The molecule has 2 rings (SSSR count). The summed E-state index contributed by atoms with van der Waals surface area (Å²) in [6.45, 7) is 6.14. The number of benzene rings is 1. The van der Waals surface area contributed by atoms with E-state index in [1.54, 1.807) is 11.8 Å². The molecule has 1 aliphatic heterocycles. The maximum Gasteiger partial charge on any atom is 0.315 e. The number of urea groups is 1. The first-order chi connectivity index (χ1) is 9.49. The van der Waals surface area contributed by atoms with Gasteiger partial charge in [-0.3, -0.25) is 4.79 Å². The Morgan fingerprint density at radius 2 is 1.85 bits per heavy atom. The van der Waals surface area contributed by atoms with Crippen LogP contribution in [-0.2, 0) is 11.2 Å². The molecule has 3 amide bonds. The van der Waals surface area contributed by atoms with Crippen LogP contribution in [0.3, 0.4) is 0 Å². The second-order valence-electron chi connectivity index (χ2n) is 5.36. The van der Waals surface area contributed by atoms with Crippen molar-refractivity contribution in [2.75, 3.05) is 11.4 Å². The molecule has 0 unspecified atom stereocenters. The number of anilines is 1. The van der Waals surface area contributed by atoms with Gasteiger partial charge in [-0.05, 0) is 38.8 Å². The quantitative estimate of drug-likeness (QED) is 0.881. The van der Waals surface area contributed by atoms with E-state index in [1.807, 2.05) is 38.1 Å². The van der Waals surface area contributed by atoms with Gasteiger partial charge in [-0.1, -0.05) is 18.2 Å². The van der Waals surface area contributed by atoms with Crippen molar-refractivity contribution in [3.05, 3.63) is 29.8 Å². The molecule has 1 aromatic carbocycles. The molecule has 1 aromatic rings. The number of carbonyl (C=O) groups excluding carboxylic acids is 2. The number of carbonyl (C=O) groups is 2. The lowest BCUT2D eigenvalue weighted by molar-refractivity contribution is -0.119. The van der Waals surface area contributed by atoms with Crippen molar-refractivity contribution < 1.29 is 9.59 Å². The van der Waals surface area contributed by atoms with E-state index in [0.29, 0.717) is 6.54 Å². The summed E-state index contributed by atoms with van der Waals surface area (Å²) >= 11 is 0. The van der Waals surface area contributed by atoms with Crippen molar-refractivity contribution in [1.82, 2.24) is 10.6 Å². The van der Waals surface area contributed by atoms with Crippen LogP contribution in [0.25, 0.3) is 0 Å². The van der Waals surface area contributed by atoms with Gasteiger partial charge in [0, 0.05) is 18.3 Å². The van der Waals surface area contributed by atoms with E-state index in [1.165, 1.54) is 5.56 Å². The fourth-order valence-electron chi connectivity index (χ4n) is 2.36. The van der Waals surface area contributed by atoms with Crippen LogP contribution in [0.4, 0.5) is 10.5 Å². The minimum atomic E-state index is -0.542. The van der Waals surface area contributed by atoms with Crippen molar-refractivity contribution in [3.63, 3.8) is 0 Å². The van der Waals surface area contributed by atoms with Gasteiger partial charge in [0.2, 0.25) is 5.91 Å². The molecular formula is C15H21N3O2. The maximum absolute atomic E-state index is 12.4. The molecule has 1 atom stereocenters. The van der Waals surface area contributed by atoms with Crippen LogP contribution in [0.2, 0.25) is 0 Å². The van der Waals surface area contributed by atoms with Gasteiger partial charge in [-0.2, -0.15) is 0 Å². The Morgan fingerprint density at radius 1 is 1.15 bits per heavy atom. The first-order valence-corrected chi connectivity index (χ1v) is 6.95. The second-order valence-corrected chi connectivity index (χ2v) is 5.36. The predicted octanol–water partition coefficient (Wildman–Crippen LogP) is 1.67. The number of hydrogen-bond donors (Lipinski definition) is 2. The van der Waals surface area contributed by atoms with Crippen LogP contribution < -0.4 is 15.5 Å². The van der Waals surface area contributed by atoms with Gasteiger partial charge in [0.25, 0.3) is 0 Å². The summed E-state index contributed by atoms with van der Waals surface area (Å²) in [5.74, 6) is -0.0751. The third-order valence-electron chi connectivity index (χ3n) is 3.29. The molecule has 1 aliphatic rings. The van der Waals surface area contributed by atoms with E-state index < -0.39 is 6.04 Å². The Labute approximate surface area is 119 Å². The Balaban J connectivity index is 2.00. The Bertz CT molecular complexity index is 514. The molecule has 0 aliphatic carbocycles. The number of para-hydroxylation sites is 1. The molecular weight excluding hydrogens is 254 g/mol. The topological polar surface area (TPSA) is 61.4 Å². The van der Waals surface area contributed by atoms with E-state index >= 15 is 0 Å². The van der Waals surface area contributed by atoms with Crippen molar-refractivity contribution in [1.29, 1.82) is 0 Å². The second kappa shape index (κ2) is 5.94. The number of fused-ring (bicyclic) bond motifs is 1. The van der Waals surface area contributed by atoms with Crippen LogP contribution in [0.5, 0.6) is 0 Å². The van der Waals surface area contributed by atoms with Crippen LogP contribution in [0, 0.1) is 0 Å². The number of hydrogen-bond acceptors (Lipinski definition) is 2. The zero-order valence-electron chi connectivity index (χ0n) is 12.1. The summed E-state index contributed by atoms with van der Waals surface area (Å²) in [7, 11) is 0. The summed E-state index contributed by atoms with van der Waals surface area (Å²) in [5, 5.41) is 5.39. The molecule has 5 nitrogen and oxygen atoms in total. The minimum absolute atomic E-state index is 0.0461. The number of nitrogens with one attached hydrogen (secondary N) is 2. The lowest BCUT2D eigenvalue weighted by atomic mass is 10.2. The van der Waals surface area contributed by atoms with Gasteiger partial charge in [0.15, 0.2) is 0 Å². The molecule has 108 valence electrons. The standard InChI is InChI=1S/C15H21N3O2/c1-10(2)16-15(20)17-11(3)14(19)18-9-8-12-6-4-5-7-13(12)18/h4-7,10-11H,8-9H2,1-3H3,(H2,16,17,20)/t11-/m0/s1. The predicted molar refractivity (Wildman–Crippen MR) is 78.8 cm³/mol. The molecule has 0 aromatic heterocycles. The van der Waals surface area contributed by atoms with Gasteiger partial charge >= 0.3 is 6.03 Å². The normalized spacial score (nSPS) is 14.9. The first kappa shape index (κ1) is 14.4. The lowest BCUT2D eigenvalue weighted by Crippen LogP contribution is -2.50. The highest BCUT2D eigenvalue weighted by Gasteiger charge is 2.28. The summed E-state index contributed by atoms with van der Waals surface area (Å²) in [4.78, 5) is 25.8. The van der Waals surface area contributed by atoms with Crippen molar-refractivity contribution in [3.8, 4) is 0 Å². The zero-order valence-corrected chi connectivity index (χ0v) is 12.1. The highest BCUT2D eigenvalue weighted by atomic mass is 16.2. The van der Waals surface area contributed by atoms with Gasteiger partial charge in [0.1, 0.15) is 6.04 Å². The third kappa shape index (κ3) is 3.10. The highest BCUT2D eigenvalue weighted by Crippen LogP contribution is 2.27. The molecule has 2 N–H and O–H groups in total. The molecule has 20 heavy (non-hydrogen) atoms. The van der Waals surface area contributed by atoms with E-state index in [9.17, 15) is 9.59 Å². The molecule has 0 fully saturated rings. The van der Waals surface area contributed by atoms with Crippen LogP contribution in [0.1, 0.15) is 26.3 Å². The monoisotopic (exact) mass is 275 g/mol. The number of amides is 3. The minimum Gasteiger partial charge on any atom is -0.336 e. The molecule has 5 heteroatoms. The average molecular weight is 275 g/mol. The van der Waals surface area contributed by atoms with Crippen LogP contribution in [0.15, 0.2) is 24.3 Å².